The lowest BCUT2D eigenvalue weighted by atomic mass is 9.91. The van der Waals surface area contributed by atoms with Crippen LogP contribution in [0.2, 0.25) is 0 Å². The molecule has 2 aliphatic rings. The maximum Gasteiger partial charge on any atom is 0.223 e. The first kappa shape index (κ1) is 20.0. The van der Waals surface area contributed by atoms with Gasteiger partial charge in [-0.3, -0.25) is 0 Å². The monoisotopic (exact) mass is 397 g/mol. The van der Waals surface area contributed by atoms with Crippen LogP contribution < -0.4 is 16.0 Å². The van der Waals surface area contributed by atoms with E-state index in [1.165, 1.54) is 25.7 Å². The smallest absolute Gasteiger partial charge is 0.223 e. The summed E-state index contributed by atoms with van der Waals surface area (Å²) in [7, 11) is 1.74. The van der Waals surface area contributed by atoms with Crippen LogP contribution >= 0.6 is 0 Å². The molecule has 0 radical (unpaired) electrons. The second-order valence-electron chi connectivity index (χ2n) is 8.02. The molecule has 0 saturated heterocycles. The third-order valence-corrected chi connectivity index (χ3v) is 5.65. The highest BCUT2D eigenvalue weighted by atomic mass is 16.5. The zero-order valence-electron chi connectivity index (χ0n) is 17.1. The van der Waals surface area contributed by atoms with Crippen molar-refractivity contribution in [1.29, 1.82) is 0 Å². The number of anilines is 2. The molecular formula is C21H31N7O. The summed E-state index contributed by atoms with van der Waals surface area (Å²) >= 11 is 0. The molecule has 0 atom stereocenters. The Hall–Kier alpha value is -2.32. The van der Waals surface area contributed by atoms with E-state index in [2.05, 4.69) is 35.9 Å². The summed E-state index contributed by atoms with van der Waals surface area (Å²) in [5.74, 6) is 2.31. The fourth-order valence-corrected chi connectivity index (χ4v) is 3.74. The van der Waals surface area contributed by atoms with Crippen molar-refractivity contribution in [2.24, 2.45) is 5.92 Å². The maximum atomic E-state index is 5.11. The fraction of sp³-hybridized carbons (Fsp3) is 0.619. The van der Waals surface area contributed by atoms with Gasteiger partial charge in [-0.25, -0.2) is 19.9 Å². The molecule has 2 heterocycles. The van der Waals surface area contributed by atoms with Gasteiger partial charge in [0.15, 0.2) is 0 Å². The molecule has 3 N–H and O–H groups in total. The summed E-state index contributed by atoms with van der Waals surface area (Å²) in [6.07, 6.45) is 10.6. The van der Waals surface area contributed by atoms with E-state index in [4.69, 9.17) is 4.74 Å². The summed E-state index contributed by atoms with van der Waals surface area (Å²) in [4.78, 5) is 17.8. The van der Waals surface area contributed by atoms with Crippen molar-refractivity contribution < 1.29 is 4.74 Å². The molecule has 0 unspecified atom stereocenters. The highest BCUT2D eigenvalue weighted by molar-refractivity contribution is 5.59. The highest BCUT2D eigenvalue weighted by Crippen LogP contribution is 2.28. The normalized spacial score (nSPS) is 21.7. The number of methoxy groups -OCH3 is 1. The Morgan fingerprint density at radius 1 is 1.00 bits per heavy atom. The van der Waals surface area contributed by atoms with Gasteiger partial charge in [0, 0.05) is 44.5 Å². The van der Waals surface area contributed by atoms with Crippen molar-refractivity contribution in [2.45, 2.75) is 50.6 Å². The largest absolute Gasteiger partial charge is 0.383 e. The lowest BCUT2D eigenvalue weighted by Crippen LogP contribution is -2.38. The Labute approximate surface area is 172 Å². The van der Waals surface area contributed by atoms with Crippen molar-refractivity contribution in [2.75, 3.05) is 37.4 Å². The molecule has 2 aromatic rings. The molecule has 0 bridgehead atoms. The molecule has 29 heavy (non-hydrogen) atoms. The second kappa shape index (κ2) is 9.93. The van der Waals surface area contributed by atoms with E-state index in [0.717, 1.165) is 55.7 Å². The average Bonchev–Trinajstić information content (AvgIpc) is 3.59. The van der Waals surface area contributed by atoms with Crippen LogP contribution in [-0.4, -0.2) is 58.8 Å². The number of aromatic nitrogens is 4. The molecule has 0 spiro atoms. The Morgan fingerprint density at radius 3 is 2.62 bits per heavy atom. The summed E-state index contributed by atoms with van der Waals surface area (Å²) in [5.41, 5.74) is 1.63. The van der Waals surface area contributed by atoms with Gasteiger partial charge >= 0.3 is 0 Å². The quantitative estimate of drug-likeness (QED) is 0.527. The lowest BCUT2D eigenvalue weighted by molar-refractivity contribution is 0.191. The Morgan fingerprint density at radius 2 is 1.83 bits per heavy atom. The molecule has 0 aromatic carbocycles. The molecule has 2 aliphatic carbocycles. The first-order valence-corrected chi connectivity index (χ1v) is 10.7. The molecule has 156 valence electrons. The zero-order valence-corrected chi connectivity index (χ0v) is 17.1. The molecule has 0 amide bonds. The number of rotatable bonds is 10. The van der Waals surface area contributed by atoms with Crippen molar-refractivity contribution in [3.8, 4) is 11.4 Å². The van der Waals surface area contributed by atoms with E-state index in [0.29, 0.717) is 18.0 Å². The van der Waals surface area contributed by atoms with Gasteiger partial charge in [-0.05, 0) is 50.5 Å². The van der Waals surface area contributed by atoms with E-state index in [-0.39, 0.29) is 0 Å². The van der Waals surface area contributed by atoms with Gasteiger partial charge in [-0.2, -0.15) is 0 Å². The number of nitrogens with one attached hydrogen (secondary N) is 3. The molecule has 8 nitrogen and oxygen atoms in total. The number of nitrogens with zero attached hydrogens (tertiary/aromatic N) is 4. The van der Waals surface area contributed by atoms with Crippen molar-refractivity contribution in [3.63, 3.8) is 0 Å². The average molecular weight is 398 g/mol. The third-order valence-electron chi connectivity index (χ3n) is 5.65. The van der Waals surface area contributed by atoms with Crippen molar-refractivity contribution in [1.82, 2.24) is 25.3 Å². The highest BCUT2D eigenvalue weighted by Gasteiger charge is 2.22. The molecule has 0 aliphatic heterocycles. The predicted octanol–water partition coefficient (Wildman–Crippen LogP) is 2.71. The van der Waals surface area contributed by atoms with E-state index in [1.54, 1.807) is 19.6 Å². The molecule has 2 saturated carbocycles. The molecular weight excluding hydrogens is 366 g/mol. The summed E-state index contributed by atoms with van der Waals surface area (Å²) < 4.78 is 5.11. The van der Waals surface area contributed by atoms with E-state index in [9.17, 15) is 0 Å². The molecule has 8 heteroatoms. The van der Waals surface area contributed by atoms with E-state index < -0.39 is 0 Å². The van der Waals surface area contributed by atoms with Gasteiger partial charge in [-0.1, -0.05) is 0 Å². The Balaban J connectivity index is 1.31. The number of ether oxygens (including phenoxy) is 1. The Kier molecular flexibility index (Phi) is 6.84. The van der Waals surface area contributed by atoms with Gasteiger partial charge < -0.3 is 20.7 Å². The summed E-state index contributed by atoms with van der Waals surface area (Å²) in [5, 5.41) is 10.5. The number of hydrogen-bond donors (Lipinski definition) is 3. The minimum atomic E-state index is 0.444. The van der Waals surface area contributed by atoms with Crippen LogP contribution in [-0.2, 0) is 4.74 Å². The van der Waals surface area contributed by atoms with E-state index in [1.807, 2.05) is 12.1 Å². The van der Waals surface area contributed by atoms with Crippen LogP contribution in [0, 0.1) is 5.92 Å². The Bertz CT molecular complexity index is 775. The SMILES string of the molecule is COCCNC1CCC(Nc2cc(-c3ccnc(NCC4CC4)n3)ncn2)CC1. The van der Waals surface area contributed by atoms with Gasteiger partial charge in [0.25, 0.3) is 0 Å². The van der Waals surface area contributed by atoms with Crippen molar-refractivity contribution in [3.05, 3.63) is 24.7 Å². The van der Waals surface area contributed by atoms with Crippen LogP contribution in [0.25, 0.3) is 11.4 Å². The standard InChI is InChI=1S/C21H31N7O/c1-29-11-10-22-16-4-6-17(7-5-16)27-20-12-19(25-14-26-20)18-8-9-23-21(28-18)24-13-15-2-3-15/h8-9,12,14-17,22H,2-7,10-11,13H2,1H3,(H,23,24,28)(H,25,26,27). The minimum absolute atomic E-state index is 0.444. The maximum absolute atomic E-state index is 5.11. The topological polar surface area (TPSA) is 96.9 Å². The molecule has 2 fully saturated rings. The van der Waals surface area contributed by atoms with Crippen LogP contribution in [0.3, 0.4) is 0 Å². The molecule has 4 rings (SSSR count). The van der Waals surface area contributed by atoms with Gasteiger partial charge in [0.05, 0.1) is 18.0 Å². The van der Waals surface area contributed by atoms with Crippen LogP contribution in [0.1, 0.15) is 38.5 Å². The van der Waals surface area contributed by atoms with Crippen LogP contribution in [0.5, 0.6) is 0 Å². The number of hydrogen-bond acceptors (Lipinski definition) is 8. The molecule has 2 aromatic heterocycles. The van der Waals surface area contributed by atoms with E-state index >= 15 is 0 Å². The predicted molar refractivity (Wildman–Crippen MR) is 114 cm³/mol. The summed E-state index contributed by atoms with van der Waals surface area (Å²) in [6.45, 7) is 2.64. The first-order chi connectivity index (χ1) is 14.3. The van der Waals surface area contributed by atoms with Gasteiger partial charge in [-0.15, -0.1) is 0 Å². The van der Waals surface area contributed by atoms with Crippen LogP contribution in [0.15, 0.2) is 24.7 Å². The fourth-order valence-electron chi connectivity index (χ4n) is 3.74. The third kappa shape index (κ3) is 6.08. The van der Waals surface area contributed by atoms with Crippen LogP contribution in [0.4, 0.5) is 11.8 Å². The lowest BCUT2D eigenvalue weighted by Gasteiger charge is -2.30. The second-order valence-corrected chi connectivity index (χ2v) is 8.02. The zero-order chi connectivity index (χ0) is 19.9. The summed E-state index contributed by atoms with van der Waals surface area (Å²) in [6, 6.07) is 4.91. The van der Waals surface area contributed by atoms with Gasteiger partial charge in [0.2, 0.25) is 5.95 Å². The first-order valence-electron chi connectivity index (χ1n) is 10.7. The minimum Gasteiger partial charge on any atom is -0.383 e. The van der Waals surface area contributed by atoms with Crippen molar-refractivity contribution >= 4 is 11.8 Å². The van der Waals surface area contributed by atoms with Gasteiger partial charge in [0.1, 0.15) is 12.1 Å².